The molecule has 1 aromatic carbocycles. The smallest absolute Gasteiger partial charge is 0.244 e. The first-order chi connectivity index (χ1) is 9.73. The minimum atomic E-state index is -3.60. The van der Waals surface area contributed by atoms with Gasteiger partial charge in [-0.15, -0.1) is 0 Å². The van der Waals surface area contributed by atoms with Gasteiger partial charge < -0.3 is 10.6 Å². The molecule has 1 aliphatic heterocycles. The average molecular weight is 332 g/mol. The maximum absolute atomic E-state index is 12.8. The summed E-state index contributed by atoms with van der Waals surface area (Å²) in [5, 5.41) is 0.230. The molecule has 0 aromatic heterocycles. The first kappa shape index (κ1) is 16.5. The molecule has 1 fully saturated rings. The van der Waals surface area contributed by atoms with Crippen molar-refractivity contribution < 1.29 is 8.42 Å². The van der Waals surface area contributed by atoms with E-state index in [-0.39, 0.29) is 16.0 Å². The number of likely N-dealkylation sites (N-methyl/N-ethyl adjacent to an activating group) is 1. The van der Waals surface area contributed by atoms with Crippen LogP contribution in [0.3, 0.4) is 0 Å². The van der Waals surface area contributed by atoms with E-state index >= 15 is 0 Å². The summed E-state index contributed by atoms with van der Waals surface area (Å²) in [6, 6.07) is 3.30. The molecule has 1 aromatic rings. The summed E-state index contributed by atoms with van der Waals surface area (Å²) >= 11 is 6.13. The van der Waals surface area contributed by atoms with Gasteiger partial charge in [-0.05, 0) is 51.6 Å². The Kier molecular flexibility index (Phi) is 4.82. The molecule has 2 rings (SSSR count). The predicted octanol–water partition coefficient (Wildman–Crippen LogP) is 1.95. The number of sulfonamides is 1. The van der Waals surface area contributed by atoms with E-state index < -0.39 is 10.0 Å². The molecule has 118 valence electrons. The Morgan fingerprint density at radius 1 is 1.38 bits per heavy atom. The van der Waals surface area contributed by atoms with E-state index in [9.17, 15) is 8.42 Å². The van der Waals surface area contributed by atoms with Crippen LogP contribution < -0.4 is 5.73 Å². The van der Waals surface area contributed by atoms with Crippen molar-refractivity contribution in [1.29, 1.82) is 0 Å². The highest BCUT2D eigenvalue weighted by molar-refractivity contribution is 7.89. The van der Waals surface area contributed by atoms with Gasteiger partial charge >= 0.3 is 0 Å². The van der Waals surface area contributed by atoms with Crippen LogP contribution in [0.1, 0.15) is 18.4 Å². The van der Waals surface area contributed by atoms with Crippen molar-refractivity contribution >= 4 is 27.3 Å². The average Bonchev–Trinajstić information content (AvgIpc) is 2.42. The number of nitrogens with zero attached hydrogens (tertiary/aromatic N) is 2. The third-order valence-corrected chi connectivity index (χ3v) is 6.36. The minimum absolute atomic E-state index is 0.103. The van der Waals surface area contributed by atoms with Crippen LogP contribution in [0.25, 0.3) is 0 Å². The Labute approximate surface area is 131 Å². The van der Waals surface area contributed by atoms with Crippen LogP contribution in [0.4, 0.5) is 5.69 Å². The lowest BCUT2D eigenvalue weighted by Crippen LogP contribution is -2.47. The zero-order chi connectivity index (χ0) is 15.8. The van der Waals surface area contributed by atoms with Crippen molar-refractivity contribution in [3.05, 3.63) is 22.7 Å². The van der Waals surface area contributed by atoms with Crippen molar-refractivity contribution in [3.63, 3.8) is 0 Å². The topological polar surface area (TPSA) is 66.6 Å². The lowest BCUT2D eigenvalue weighted by atomic mass is 10.1. The summed E-state index contributed by atoms with van der Waals surface area (Å²) in [6.07, 6.45) is 1.85. The van der Waals surface area contributed by atoms with Gasteiger partial charge in [-0.25, -0.2) is 8.42 Å². The van der Waals surface area contributed by atoms with Crippen LogP contribution >= 0.6 is 11.6 Å². The number of rotatable bonds is 3. The van der Waals surface area contributed by atoms with Crippen LogP contribution in [0.5, 0.6) is 0 Å². The van der Waals surface area contributed by atoms with Crippen LogP contribution in [0.2, 0.25) is 5.02 Å². The van der Waals surface area contributed by atoms with Gasteiger partial charge in [0.25, 0.3) is 0 Å². The molecular weight excluding hydrogens is 310 g/mol. The van der Waals surface area contributed by atoms with Gasteiger partial charge in [0, 0.05) is 24.8 Å². The largest absolute Gasteiger partial charge is 0.398 e. The van der Waals surface area contributed by atoms with Gasteiger partial charge in [0.1, 0.15) is 4.90 Å². The number of anilines is 1. The number of hydrogen-bond acceptors (Lipinski definition) is 4. The quantitative estimate of drug-likeness (QED) is 0.860. The van der Waals surface area contributed by atoms with Crippen LogP contribution in [-0.4, -0.2) is 50.8 Å². The second kappa shape index (κ2) is 6.12. The monoisotopic (exact) mass is 331 g/mol. The van der Waals surface area contributed by atoms with Crippen LogP contribution in [-0.2, 0) is 10.0 Å². The zero-order valence-corrected chi connectivity index (χ0v) is 14.2. The van der Waals surface area contributed by atoms with Crippen molar-refractivity contribution in [3.8, 4) is 0 Å². The predicted molar refractivity (Wildman–Crippen MR) is 86.1 cm³/mol. The van der Waals surface area contributed by atoms with E-state index in [0.717, 1.165) is 18.4 Å². The molecule has 5 nitrogen and oxygen atoms in total. The fourth-order valence-electron chi connectivity index (χ4n) is 2.57. The molecule has 0 saturated carbocycles. The Balaban J connectivity index is 2.36. The summed E-state index contributed by atoms with van der Waals surface area (Å²) in [5.74, 6) is 0. The molecule has 0 amide bonds. The number of benzene rings is 1. The van der Waals surface area contributed by atoms with Crippen molar-refractivity contribution in [2.75, 3.05) is 32.9 Å². The SMILES string of the molecule is Cc1cc(Cl)c(S(=O)(=O)N2CCCC(N(C)C)C2)cc1N. The van der Waals surface area contributed by atoms with Crippen molar-refractivity contribution in [2.24, 2.45) is 0 Å². The van der Waals surface area contributed by atoms with Gasteiger partial charge in [-0.1, -0.05) is 11.6 Å². The standard InChI is InChI=1S/C14H22ClN3O2S/c1-10-7-12(15)14(8-13(10)16)21(19,20)18-6-4-5-11(9-18)17(2)3/h7-8,11H,4-6,9,16H2,1-3H3. The number of halogens is 1. The van der Waals surface area contributed by atoms with Crippen molar-refractivity contribution in [1.82, 2.24) is 9.21 Å². The van der Waals surface area contributed by atoms with Gasteiger partial charge in [0.15, 0.2) is 0 Å². The highest BCUT2D eigenvalue weighted by Gasteiger charge is 2.32. The van der Waals surface area contributed by atoms with E-state index in [1.165, 1.54) is 10.4 Å². The molecule has 7 heteroatoms. The molecule has 2 N–H and O–H groups in total. The van der Waals surface area contributed by atoms with Gasteiger partial charge in [0.05, 0.1) is 5.02 Å². The molecule has 1 atom stereocenters. The summed E-state index contributed by atoms with van der Waals surface area (Å²) in [4.78, 5) is 2.17. The zero-order valence-electron chi connectivity index (χ0n) is 12.6. The molecule has 0 radical (unpaired) electrons. The number of piperidine rings is 1. The van der Waals surface area contributed by atoms with E-state index in [2.05, 4.69) is 4.90 Å². The van der Waals surface area contributed by atoms with E-state index in [1.807, 2.05) is 14.1 Å². The Morgan fingerprint density at radius 3 is 2.67 bits per heavy atom. The summed E-state index contributed by atoms with van der Waals surface area (Å²) in [5.41, 5.74) is 7.07. The van der Waals surface area contributed by atoms with Crippen molar-refractivity contribution in [2.45, 2.75) is 30.7 Å². The Hall–Kier alpha value is -0.820. The van der Waals surface area contributed by atoms with Gasteiger partial charge in [-0.2, -0.15) is 4.31 Å². The molecule has 0 aliphatic carbocycles. The first-order valence-corrected chi connectivity index (χ1v) is 8.77. The highest BCUT2D eigenvalue weighted by atomic mass is 35.5. The maximum atomic E-state index is 12.8. The molecular formula is C14H22ClN3O2S. The molecule has 1 aliphatic rings. The van der Waals surface area contributed by atoms with Gasteiger partial charge in [0.2, 0.25) is 10.0 Å². The molecule has 0 spiro atoms. The van der Waals surface area contributed by atoms with E-state index in [0.29, 0.717) is 18.8 Å². The highest BCUT2D eigenvalue weighted by Crippen LogP contribution is 2.30. The van der Waals surface area contributed by atoms with Crippen LogP contribution in [0, 0.1) is 6.92 Å². The lowest BCUT2D eigenvalue weighted by molar-refractivity contribution is 0.190. The fraction of sp³-hybridized carbons (Fsp3) is 0.571. The van der Waals surface area contributed by atoms with E-state index in [4.69, 9.17) is 17.3 Å². The van der Waals surface area contributed by atoms with E-state index in [1.54, 1.807) is 13.0 Å². The second-order valence-corrected chi connectivity index (χ2v) is 8.08. The Bertz CT molecular complexity index is 631. The second-order valence-electron chi connectivity index (χ2n) is 5.76. The normalized spacial score (nSPS) is 20.9. The molecule has 1 heterocycles. The fourth-order valence-corrected chi connectivity index (χ4v) is 4.67. The Morgan fingerprint density at radius 2 is 2.05 bits per heavy atom. The third kappa shape index (κ3) is 3.34. The third-order valence-electron chi connectivity index (χ3n) is 4.03. The van der Waals surface area contributed by atoms with Crippen LogP contribution in [0.15, 0.2) is 17.0 Å². The number of nitrogens with two attached hydrogens (primary N) is 1. The first-order valence-electron chi connectivity index (χ1n) is 6.95. The summed E-state index contributed by atoms with van der Waals surface area (Å²) in [7, 11) is 0.336. The maximum Gasteiger partial charge on any atom is 0.244 e. The molecule has 21 heavy (non-hydrogen) atoms. The number of aryl methyl sites for hydroxylation is 1. The lowest BCUT2D eigenvalue weighted by Gasteiger charge is -2.35. The molecule has 0 bridgehead atoms. The minimum Gasteiger partial charge on any atom is -0.398 e. The number of nitrogen functional groups attached to an aromatic ring is 1. The summed E-state index contributed by atoms with van der Waals surface area (Å²) < 4.78 is 27.1. The molecule has 1 unspecified atom stereocenters. The summed E-state index contributed by atoms with van der Waals surface area (Å²) in [6.45, 7) is 2.82. The number of hydrogen-bond donors (Lipinski definition) is 1. The van der Waals surface area contributed by atoms with Gasteiger partial charge in [-0.3, -0.25) is 0 Å². The molecule has 1 saturated heterocycles.